The quantitative estimate of drug-likeness (QED) is 0.791. The molecule has 0 bridgehead atoms. The van der Waals surface area contributed by atoms with Gasteiger partial charge in [-0.1, -0.05) is 0 Å². The Balaban J connectivity index is 2.45. The van der Waals surface area contributed by atoms with Gasteiger partial charge in [0.05, 0.1) is 12.8 Å². The van der Waals surface area contributed by atoms with Crippen molar-refractivity contribution < 1.29 is 30.6 Å². The summed E-state index contributed by atoms with van der Waals surface area (Å²) in [6.07, 6.45) is -0.583. The van der Waals surface area contributed by atoms with Crippen LogP contribution in [0.4, 0.5) is 18.4 Å². The molecule has 5 nitrogen and oxygen atoms in total. The average Bonchev–Trinajstić information content (AvgIpc) is 2.70. The van der Waals surface area contributed by atoms with Crippen LogP contribution in [0.15, 0.2) is 12.1 Å². The van der Waals surface area contributed by atoms with Gasteiger partial charge in [-0.2, -0.15) is 8.42 Å². The van der Waals surface area contributed by atoms with Crippen LogP contribution in [0.5, 0.6) is 5.75 Å². The van der Waals surface area contributed by atoms with Gasteiger partial charge in [-0.25, -0.2) is 8.78 Å². The summed E-state index contributed by atoms with van der Waals surface area (Å²) in [6.45, 7) is -0.517. The number of hydrogen-bond acceptors (Lipinski definition) is 4. The van der Waals surface area contributed by atoms with Crippen LogP contribution >= 0.6 is 0 Å². The van der Waals surface area contributed by atoms with E-state index in [4.69, 9.17) is 4.74 Å². The van der Waals surface area contributed by atoms with Crippen molar-refractivity contribution >= 4 is 21.8 Å². The average molecular weight is 309 g/mol. The highest BCUT2D eigenvalue weighted by atomic mass is 32.3. The molecule has 1 aliphatic heterocycles. The monoisotopic (exact) mass is 309 g/mol. The SMILES string of the molecule is COc1c(F)cc(F)cc1N1CC(S(=O)(=O)F)CC1=O. The topological polar surface area (TPSA) is 63.7 Å². The highest BCUT2D eigenvalue weighted by Gasteiger charge is 2.40. The van der Waals surface area contributed by atoms with E-state index in [1.54, 1.807) is 0 Å². The van der Waals surface area contributed by atoms with Crippen molar-refractivity contribution in [2.45, 2.75) is 11.7 Å². The molecular formula is C11H10F3NO4S. The molecule has 0 spiro atoms. The van der Waals surface area contributed by atoms with Crippen molar-refractivity contribution in [3.63, 3.8) is 0 Å². The largest absolute Gasteiger partial charge is 0.492 e. The Bertz CT molecular complexity index is 662. The van der Waals surface area contributed by atoms with Gasteiger partial charge in [0.25, 0.3) is 0 Å². The molecule has 0 radical (unpaired) electrons. The fraction of sp³-hybridized carbons (Fsp3) is 0.364. The zero-order chi connectivity index (χ0) is 15.1. The number of hydrogen-bond donors (Lipinski definition) is 0. The van der Waals surface area contributed by atoms with Crippen LogP contribution in [0, 0.1) is 11.6 Å². The molecule has 0 saturated carbocycles. The van der Waals surface area contributed by atoms with E-state index >= 15 is 0 Å². The third-order valence-corrected chi connectivity index (χ3v) is 4.08. The summed E-state index contributed by atoms with van der Waals surface area (Å²) in [5.41, 5.74) is -0.263. The minimum absolute atomic E-state index is 0.263. The van der Waals surface area contributed by atoms with Crippen LogP contribution in [0.1, 0.15) is 6.42 Å². The zero-order valence-electron chi connectivity index (χ0n) is 10.3. The number of carbonyl (C=O) groups is 1. The van der Waals surface area contributed by atoms with Gasteiger partial charge in [0.2, 0.25) is 5.91 Å². The Morgan fingerprint density at radius 1 is 1.35 bits per heavy atom. The van der Waals surface area contributed by atoms with Crippen LogP contribution in [-0.4, -0.2) is 33.2 Å². The normalized spacial score (nSPS) is 19.5. The number of rotatable bonds is 3. The molecule has 1 aromatic carbocycles. The Morgan fingerprint density at radius 3 is 2.50 bits per heavy atom. The van der Waals surface area contributed by atoms with E-state index in [1.807, 2.05) is 0 Å². The maximum absolute atomic E-state index is 13.5. The number of amides is 1. The van der Waals surface area contributed by atoms with Crippen LogP contribution in [-0.2, 0) is 15.0 Å². The van der Waals surface area contributed by atoms with Gasteiger partial charge < -0.3 is 9.64 Å². The minimum Gasteiger partial charge on any atom is -0.492 e. The molecule has 1 saturated heterocycles. The molecule has 1 aliphatic rings. The number of nitrogens with zero attached hydrogens (tertiary/aromatic N) is 1. The molecule has 0 aromatic heterocycles. The molecule has 1 unspecified atom stereocenters. The second kappa shape index (κ2) is 4.97. The first-order valence-electron chi connectivity index (χ1n) is 5.51. The lowest BCUT2D eigenvalue weighted by atomic mass is 10.2. The second-order valence-corrected chi connectivity index (χ2v) is 5.86. The molecule has 2 rings (SSSR count). The number of carbonyl (C=O) groups excluding carboxylic acids is 1. The molecule has 0 N–H and O–H groups in total. The maximum atomic E-state index is 13.5. The van der Waals surface area contributed by atoms with Crippen molar-refractivity contribution in [2.24, 2.45) is 0 Å². The zero-order valence-corrected chi connectivity index (χ0v) is 11.1. The van der Waals surface area contributed by atoms with E-state index < -0.39 is 51.7 Å². The Morgan fingerprint density at radius 2 is 2.00 bits per heavy atom. The number of halogens is 3. The van der Waals surface area contributed by atoms with Crippen LogP contribution < -0.4 is 9.64 Å². The van der Waals surface area contributed by atoms with E-state index in [-0.39, 0.29) is 5.69 Å². The van der Waals surface area contributed by atoms with Crippen molar-refractivity contribution in [1.82, 2.24) is 0 Å². The van der Waals surface area contributed by atoms with Gasteiger partial charge in [-0.3, -0.25) is 4.79 Å². The summed E-state index contributed by atoms with van der Waals surface area (Å²) in [6, 6.07) is 1.39. The van der Waals surface area contributed by atoms with E-state index in [1.165, 1.54) is 0 Å². The molecule has 1 heterocycles. The molecule has 20 heavy (non-hydrogen) atoms. The summed E-state index contributed by atoms with van der Waals surface area (Å²) in [5, 5.41) is -1.55. The maximum Gasteiger partial charge on any atom is 0.307 e. The molecule has 110 valence electrons. The Hall–Kier alpha value is -1.77. The molecule has 1 amide bonds. The lowest BCUT2D eigenvalue weighted by Gasteiger charge is -2.19. The van der Waals surface area contributed by atoms with E-state index in [0.29, 0.717) is 6.07 Å². The van der Waals surface area contributed by atoms with Crippen molar-refractivity contribution in [1.29, 1.82) is 0 Å². The Labute approximate surface area is 113 Å². The van der Waals surface area contributed by atoms with Crippen LogP contribution in [0.3, 0.4) is 0 Å². The van der Waals surface area contributed by atoms with E-state index in [0.717, 1.165) is 18.1 Å². The first-order valence-corrected chi connectivity index (χ1v) is 6.95. The highest BCUT2D eigenvalue weighted by Crippen LogP contribution is 2.35. The van der Waals surface area contributed by atoms with Gasteiger partial charge in [-0.15, -0.1) is 3.89 Å². The minimum atomic E-state index is -4.91. The number of methoxy groups -OCH3 is 1. The summed E-state index contributed by atoms with van der Waals surface area (Å²) >= 11 is 0. The molecular weight excluding hydrogens is 299 g/mol. The van der Waals surface area contributed by atoms with Crippen molar-refractivity contribution in [3.8, 4) is 5.75 Å². The van der Waals surface area contributed by atoms with Gasteiger partial charge in [0, 0.05) is 25.1 Å². The number of benzene rings is 1. The van der Waals surface area contributed by atoms with Gasteiger partial charge in [0.15, 0.2) is 11.6 Å². The fourth-order valence-corrected chi connectivity index (χ4v) is 2.71. The number of anilines is 1. The first kappa shape index (κ1) is 14.6. The first-order chi connectivity index (χ1) is 9.24. The number of ether oxygens (including phenoxy) is 1. The lowest BCUT2D eigenvalue weighted by molar-refractivity contribution is -0.117. The van der Waals surface area contributed by atoms with Gasteiger partial charge in [-0.05, 0) is 0 Å². The highest BCUT2D eigenvalue weighted by molar-refractivity contribution is 7.87. The summed E-state index contributed by atoms with van der Waals surface area (Å²) in [4.78, 5) is 12.5. The molecule has 1 fully saturated rings. The molecule has 1 atom stereocenters. The smallest absolute Gasteiger partial charge is 0.307 e. The van der Waals surface area contributed by atoms with Crippen LogP contribution in [0.2, 0.25) is 0 Å². The molecule has 9 heteroatoms. The van der Waals surface area contributed by atoms with Crippen LogP contribution in [0.25, 0.3) is 0 Å². The molecule has 0 aliphatic carbocycles. The predicted molar refractivity (Wildman–Crippen MR) is 63.7 cm³/mol. The molecule has 1 aromatic rings. The standard InChI is InChI=1S/C11H10F3NO4S/c1-19-11-8(13)2-6(12)3-9(11)15-5-7(4-10(15)16)20(14,17)18/h2-3,7H,4-5H2,1H3. The van der Waals surface area contributed by atoms with E-state index in [2.05, 4.69) is 0 Å². The van der Waals surface area contributed by atoms with Gasteiger partial charge >= 0.3 is 10.2 Å². The summed E-state index contributed by atoms with van der Waals surface area (Å²) in [5.74, 6) is -3.16. The van der Waals surface area contributed by atoms with E-state index in [9.17, 15) is 25.9 Å². The third kappa shape index (κ3) is 2.58. The second-order valence-electron chi connectivity index (χ2n) is 4.25. The fourth-order valence-electron chi connectivity index (χ4n) is 2.05. The summed E-state index contributed by atoms with van der Waals surface area (Å²) in [7, 11) is -3.79. The van der Waals surface area contributed by atoms with Crippen molar-refractivity contribution in [3.05, 3.63) is 23.8 Å². The predicted octanol–water partition coefficient (Wildman–Crippen LogP) is 1.38. The summed E-state index contributed by atoms with van der Waals surface area (Å²) < 4.78 is 66.0. The van der Waals surface area contributed by atoms with Gasteiger partial charge in [0.1, 0.15) is 11.1 Å². The lowest BCUT2D eigenvalue weighted by Crippen LogP contribution is -2.27. The van der Waals surface area contributed by atoms with Crippen molar-refractivity contribution in [2.75, 3.05) is 18.6 Å². The Kier molecular flexibility index (Phi) is 3.63. The third-order valence-electron chi connectivity index (χ3n) is 2.97.